The Balaban J connectivity index is 1.05. The lowest BCUT2D eigenvalue weighted by atomic mass is 9.46. The lowest BCUT2D eigenvalue weighted by molar-refractivity contribution is -0.201. The highest BCUT2D eigenvalue weighted by molar-refractivity contribution is 6.01. The summed E-state index contributed by atoms with van der Waals surface area (Å²) in [5.74, 6) is -2.67. The molecule has 5 aliphatic rings. The number of esters is 1. The first-order chi connectivity index (χ1) is 25.3. The van der Waals surface area contributed by atoms with Gasteiger partial charge in [0.2, 0.25) is 5.78 Å². The van der Waals surface area contributed by atoms with Crippen LogP contribution in [0.4, 0.5) is 11.4 Å². The van der Waals surface area contributed by atoms with Crippen LogP contribution in [0.25, 0.3) is 0 Å². The first kappa shape index (κ1) is 36.8. The second-order valence-corrected chi connectivity index (χ2v) is 15.6. The minimum Gasteiger partial charge on any atom is -0.507 e. The zero-order valence-corrected chi connectivity index (χ0v) is 30.2. The molecule has 12 heteroatoms. The molecular formula is C41H46N2O10. The van der Waals surface area contributed by atoms with Crippen molar-refractivity contribution in [1.29, 1.82) is 0 Å². The number of ether oxygens (including phenoxy) is 3. The van der Waals surface area contributed by atoms with Gasteiger partial charge in [-0.05, 0) is 92.3 Å². The van der Waals surface area contributed by atoms with E-state index in [9.17, 15) is 34.5 Å². The number of phenols is 1. The van der Waals surface area contributed by atoms with Crippen LogP contribution in [-0.2, 0) is 35.0 Å². The van der Waals surface area contributed by atoms with Crippen LogP contribution in [0.15, 0.2) is 76.5 Å². The molecule has 0 radical (unpaired) electrons. The molecule has 9 atom stereocenters. The molecule has 0 aromatic heterocycles. The smallest absolute Gasteiger partial charge is 0.339 e. The summed E-state index contributed by atoms with van der Waals surface area (Å²) >= 11 is 0. The summed E-state index contributed by atoms with van der Waals surface area (Å²) in [5, 5.41) is 39.4. The first-order valence-corrected chi connectivity index (χ1v) is 18.5. The van der Waals surface area contributed by atoms with Gasteiger partial charge in [0.25, 0.3) is 0 Å². The molecular weight excluding hydrogens is 680 g/mol. The van der Waals surface area contributed by atoms with Crippen LogP contribution in [0.2, 0.25) is 0 Å². The molecule has 0 bridgehead atoms. The van der Waals surface area contributed by atoms with E-state index < -0.39 is 53.5 Å². The minimum absolute atomic E-state index is 0.00971. The van der Waals surface area contributed by atoms with E-state index in [1.807, 2.05) is 19.9 Å². The van der Waals surface area contributed by atoms with E-state index in [4.69, 9.17) is 14.2 Å². The van der Waals surface area contributed by atoms with E-state index >= 15 is 0 Å². The Morgan fingerprint density at radius 3 is 2.66 bits per heavy atom. The van der Waals surface area contributed by atoms with Crippen LogP contribution in [0.1, 0.15) is 81.6 Å². The maximum absolute atomic E-state index is 14.5. The second-order valence-electron chi connectivity index (χ2n) is 15.6. The van der Waals surface area contributed by atoms with E-state index in [2.05, 4.69) is 17.2 Å². The average Bonchev–Trinajstić information content (AvgIpc) is 3.61. The molecule has 1 saturated heterocycles. The molecule has 53 heavy (non-hydrogen) atoms. The highest BCUT2D eigenvalue weighted by Gasteiger charge is 2.75. The molecule has 12 nitrogen and oxygen atoms in total. The van der Waals surface area contributed by atoms with Crippen molar-refractivity contribution >= 4 is 34.9 Å². The Kier molecular flexibility index (Phi) is 9.75. The Bertz CT molecular complexity index is 1920. The number of aliphatic hydroxyl groups excluding tert-OH is 1. The van der Waals surface area contributed by atoms with Gasteiger partial charge in [-0.15, -0.1) is 0 Å². The molecule has 3 saturated carbocycles. The molecule has 1 aliphatic heterocycles. The molecule has 2 aromatic rings. The number of carbonyl (C=O) groups excluding carboxylic acids is 3. The summed E-state index contributed by atoms with van der Waals surface area (Å²) in [4.78, 5) is 51.3. The van der Waals surface area contributed by atoms with Gasteiger partial charge in [-0.25, -0.2) is 4.79 Å². The van der Waals surface area contributed by atoms with Crippen LogP contribution < -0.4 is 0 Å². The SMILES string of the molecule is CCCC1O[C@@H]2CC3C4CCC5=CC(=O)C=CC5(C)C4C(O)CC3(C)[C@]2(C(=O)COC(=O)CCc2ccccc2N=Nc2ccc(O)c(C(=O)O)c2)O1. The molecule has 0 amide bonds. The van der Waals surface area contributed by atoms with E-state index in [1.165, 1.54) is 18.2 Å². The van der Waals surface area contributed by atoms with Gasteiger partial charge in [-0.3, -0.25) is 14.4 Å². The number of hydrogen-bond donors (Lipinski definition) is 3. The third kappa shape index (κ3) is 6.24. The van der Waals surface area contributed by atoms with Crippen molar-refractivity contribution in [2.45, 2.75) is 96.2 Å². The summed E-state index contributed by atoms with van der Waals surface area (Å²) in [7, 11) is 0. The van der Waals surface area contributed by atoms with Crippen molar-refractivity contribution in [2.75, 3.05) is 6.61 Å². The van der Waals surface area contributed by atoms with Crippen LogP contribution in [0.3, 0.4) is 0 Å². The number of benzene rings is 2. The van der Waals surface area contributed by atoms with E-state index in [1.54, 1.807) is 36.4 Å². The number of carboxylic acids is 1. The van der Waals surface area contributed by atoms with Crippen molar-refractivity contribution in [3.63, 3.8) is 0 Å². The van der Waals surface area contributed by atoms with Crippen molar-refractivity contribution in [2.24, 2.45) is 38.8 Å². The number of carboxylic acid groups (broad SMARTS) is 1. The van der Waals surface area contributed by atoms with Crippen LogP contribution in [-0.4, -0.2) is 69.5 Å². The van der Waals surface area contributed by atoms with Gasteiger partial charge in [-0.2, -0.15) is 10.2 Å². The maximum atomic E-state index is 14.5. The third-order valence-corrected chi connectivity index (χ3v) is 12.7. The number of aromatic carboxylic acids is 1. The molecule has 1 heterocycles. The number of rotatable bonds is 11. The predicted octanol–water partition coefficient (Wildman–Crippen LogP) is 6.72. The van der Waals surface area contributed by atoms with Gasteiger partial charge >= 0.3 is 11.9 Å². The van der Waals surface area contributed by atoms with Gasteiger partial charge in [0.15, 0.2) is 24.3 Å². The Hall–Kier alpha value is -4.52. The fourth-order valence-corrected chi connectivity index (χ4v) is 10.3. The number of Topliss-reactive ketones (excluding diaryl/α,β-unsaturated/α-hetero) is 1. The van der Waals surface area contributed by atoms with Gasteiger partial charge in [-0.1, -0.05) is 57.0 Å². The van der Waals surface area contributed by atoms with Crippen molar-refractivity contribution in [3.8, 4) is 5.75 Å². The highest BCUT2D eigenvalue weighted by atomic mass is 16.7. The Labute approximate surface area is 307 Å². The minimum atomic E-state index is -1.39. The fourth-order valence-electron chi connectivity index (χ4n) is 10.3. The van der Waals surface area contributed by atoms with Gasteiger partial charge < -0.3 is 29.5 Å². The first-order valence-electron chi connectivity index (χ1n) is 18.5. The fraction of sp³-hybridized carbons (Fsp3) is 0.512. The second kappa shape index (κ2) is 14.0. The number of carbonyl (C=O) groups is 4. The molecule has 7 unspecified atom stereocenters. The summed E-state index contributed by atoms with van der Waals surface area (Å²) < 4.78 is 18.8. The van der Waals surface area contributed by atoms with Gasteiger partial charge in [0.1, 0.15) is 11.3 Å². The van der Waals surface area contributed by atoms with Crippen molar-refractivity contribution < 1.29 is 48.7 Å². The topological polar surface area (TPSA) is 181 Å². The Morgan fingerprint density at radius 2 is 1.89 bits per heavy atom. The molecule has 3 N–H and O–H groups in total. The number of azo groups is 1. The number of nitrogens with zero attached hydrogens (tertiary/aromatic N) is 2. The number of ketones is 2. The maximum Gasteiger partial charge on any atom is 0.339 e. The number of aliphatic hydroxyl groups is 1. The lowest BCUT2D eigenvalue weighted by Gasteiger charge is -2.59. The molecule has 2 aromatic carbocycles. The van der Waals surface area contributed by atoms with Gasteiger partial charge in [0.05, 0.1) is 23.6 Å². The summed E-state index contributed by atoms with van der Waals surface area (Å²) in [5.41, 5.74) is -0.469. The molecule has 4 fully saturated rings. The van der Waals surface area contributed by atoms with Crippen molar-refractivity contribution in [1.82, 2.24) is 0 Å². The summed E-state index contributed by atoms with van der Waals surface area (Å²) in [6, 6.07) is 10.9. The predicted molar refractivity (Wildman–Crippen MR) is 191 cm³/mol. The summed E-state index contributed by atoms with van der Waals surface area (Å²) in [6.07, 6.45) is 7.45. The van der Waals surface area contributed by atoms with E-state index in [0.717, 1.165) is 24.8 Å². The number of aromatic hydroxyl groups is 1. The Morgan fingerprint density at radius 1 is 1.09 bits per heavy atom. The van der Waals surface area contributed by atoms with Gasteiger partial charge in [0, 0.05) is 23.2 Å². The highest BCUT2D eigenvalue weighted by Crippen LogP contribution is 2.69. The van der Waals surface area contributed by atoms with E-state index in [-0.39, 0.29) is 59.2 Å². The standard InChI is InChI=1S/C41H46N2O10/c1-4-7-36-52-34-20-29-27-13-11-24-18-26(44)16-17-39(24,2)37(27)32(46)21-40(29,3)41(34,53-36)33(47)22-51-35(48)15-10-23-8-5-6-9-30(23)43-42-25-12-14-31(45)28(19-25)38(49)50/h5-6,8-9,12,14,16-19,27,29,32,34,36-37,45-46H,4,7,10-11,13,15,20-22H2,1-3H3,(H,49,50)/t27?,29?,32?,34-,36?,37?,39?,40?,41-/m1/s1. The monoisotopic (exact) mass is 726 g/mol. The number of fused-ring (bicyclic) bond motifs is 7. The zero-order chi connectivity index (χ0) is 37.7. The lowest BCUT2D eigenvalue weighted by Crippen LogP contribution is -2.63. The van der Waals surface area contributed by atoms with Crippen LogP contribution in [0, 0.1) is 28.6 Å². The summed E-state index contributed by atoms with van der Waals surface area (Å²) in [6.45, 7) is 5.68. The number of allylic oxidation sites excluding steroid dienone is 4. The molecule has 280 valence electrons. The molecule has 0 spiro atoms. The normalized spacial score (nSPS) is 34.2. The number of aryl methyl sites for hydroxylation is 1. The zero-order valence-electron chi connectivity index (χ0n) is 30.2. The van der Waals surface area contributed by atoms with Crippen molar-refractivity contribution in [3.05, 3.63) is 77.4 Å². The quantitative estimate of drug-likeness (QED) is 0.166. The third-order valence-electron chi connectivity index (χ3n) is 12.7. The average molecular weight is 727 g/mol. The number of hydrogen-bond acceptors (Lipinski definition) is 11. The van der Waals surface area contributed by atoms with E-state index in [0.29, 0.717) is 30.5 Å². The largest absolute Gasteiger partial charge is 0.507 e. The molecule has 4 aliphatic carbocycles. The van der Waals surface area contributed by atoms with Crippen LogP contribution in [0.5, 0.6) is 5.75 Å². The van der Waals surface area contributed by atoms with Crippen LogP contribution >= 0.6 is 0 Å². The molecule has 7 rings (SSSR count).